The second-order valence-corrected chi connectivity index (χ2v) is 10.9. The summed E-state index contributed by atoms with van der Waals surface area (Å²) in [5.74, 6) is 1.40. The molecule has 1 heterocycles. The van der Waals surface area contributed by atoms with E-state index in [-0.39, 0.29) is 0 Å². The summed E-state index contributed by atoms with van der Waals surface area (Å²) in [6, 6.07) is 13.1. The van der Waals surface area contributed by atoms with Gasteiger partial charge in [-0.15, -0.1) is 12.6 Å². The highest BCUT2D eigenvalue weighted by Crippen LogP contribution is 2.39. The molecule has 32 heavy (non-hydrogen) atoms. The lowest BCUT2D eigenvalue weighted by molar-refractivity contribution is 0.773. The van der Waals surface area contributed by atoms with E-state index < -0.39 is 0 Å². The summed E-state index contributed by atoms with van der Waals surface area (Å²) in [5.41, 5.74) is 7.28. The van der Waals surface area contributed by atoms with Crippen LogP contribution in [0.4, 0.5) is 0 Å². The molecule has 2 nitrogen and oxygen atoms in total. The lowest BCUT2D eigenvalue weighted by atomic mass is 9.92. The van der Waals surface area contributed by atoms with E-state index in [1.54, 1.807) is 0 Å². The predicted octanol–water partition coefficient (Wildman–Crippen LogP) is 9.34. The molecule has 0 unspecified atom stereocenters. The molecule has 0 fully saturated rings. The summed E-state index contributed by atoms with van der Waals surface area (Å²) in [6.45, 7) is 17.8. The van der Waals surface area contributed by atoms with Gasteiger partial charge in [-0.3, -0.25) is 9.13 Å². The van der Waals surface area contributed by atoms with Crippen molar-refractivity contribution in [1.29, 1.82) is 0 Å². The van der Waals surface area contributed by atoms with Gasteiger partial charge in [0.15, 0.2) is 4.77 Å². The third kappa shape index (κ3) is 4.32. The van der Waals surface area contributed by atoms with E-state index in [4.69, 9.17) is 37.5 Å². The van der Waals surface area contributed by atoms with Crippen molar-refractivity contribution in [1.82, 2.24) is 9.13 Å². The fraction of sp³-hybridized carbons (Fsp3) is 0.444. The minimum Gasteiger partial charge on any atom is -0.278 e. The number of para-hydroxylation sites is 2. The van der Waals surface area contributed by atoms with Gasteiger partial charge in [-0.2, -0.15) is 0 Å². The van der Waals surface area contributed by atoms with Crippen LogP contribution in [0.15, 0.2) is 46.5 Å². The molecule has 0 aliphatic carbocycles. The third-order valence-corrected chi connectivity index (χ3v) is 7.43. The predicted molar refractivity (Wildman–Crippen MR) is 145 cm³/mol. The average Bonchev–Trinajstić information content (AvgIpc) is 2.94. The molecule has 1 aromatic heterocycles. The Morgan fingerprint density at radius 1 is 0.625 bits per heavy atom. The topological polar surface area (TPSA) is 9.86 Å². The molecular weight excluding hydrogens is 449 g/mol. The number of rotatable bonds is 6. The number of aromatic nitrogens is 2. The van der Waals surface area contributed by atoms with E-state index in [9.17, 15) is 0 Å². The number of imidazole rings is 1. The van der Waals surface area contributed by atoms with Crippen LogP contribution in [0, 0.1) is 4.77 Å². The SMILES string of the molecule is CC(C)c1cccc(C(C)C)c1-n1c([S])c(S)n(-c2c(C(C)C)cccc2C(C)C)c1=S. The highest BCUT2D eigenvalue weighted by atomic mass is 32.1. The first-order valence-corrected chi connectivity index (χ1v) is 12.7. The van der Waals surface area contributed by atoms with Gasteiger partial charge >= 0.3 is 0 Å². The van der Waals surface area contributed by atoms with Gasteiger partial charge in [0.25, 0.3) is 0 Å². The molecule has 0 saturated heterocycles. The number of hydrogen-bond acceptors (Lipinski definition) is 2. The summed E-state index contributed by atoms with van der Waals surface area (Å²) >= 11 is 17.1. The van der Waals surface area contributed by atoms with E-state index in [0.717, 1.165) is 16.4 Å². The average molecular weight is 484 g/mol. The summed E-state index contributed by atoms with van der Waals surface area (Å²) in [7, 11) is 0. The minimum absolute atomic E-state index is 0.348. The fourth-order valence-corrected chi connectivity index (χ4v) is 5.47. The minimum atomic E-state index is 0.348. The highest BCUT2D eigenvalue weighted by Gasteiger charge is 2.25. The van der Waals surface area contributed by atoms with E-state index in [2.05, 4.69) is 101 Å². The molecule has 0 aliphatic rings. The molecule has 0 atom stereocenters. The van der Waals surface area contributed by atoms with Gasteiger partial charge in [0, 0.05) is 0 Å². The zero-order chi connectivity index (χ0) is 23.9. The normalized spacial score (nSPS) is 12.0. The molecule has 3 aromatic rings. The Kier molecular flexibility index (Phi) is 7.63. The van der Waals surface area contributed by atoms with Crippen molar-refractivity contribution in [2.75, 3.05) is 0 Å². The molecule has 0 aliphatic heterocycles. The number of thiol groups is 1. The van der Waals surface area contributed by atoms with Crippen molar-refractivity contribution in [2.24, 2.45) is 0 Å². The standard InChI is InChI=1S/C27H35N2S3/c1-15(2)19-11-9-12-20(16(3)4)23(19)28-25(30)26(31)29(27(28)32)24-21(17(5)6)13-10-14-22(24)18(7)8/h9-18,30H,1-8H3. The van der Waals surface area contributed by atoms with Crippen LogP contribution >= 0.6 is 37.5 Å². The first-order chi connectivity index (χ1) is 15.0. The van der Waals surface area contributed by atoms with Crippen LogP contribution in [-0.2, 0) is 0 Å². The van der Waals surface area contributed by atoms with Gasteiger partial charge in [0.1, 0.15) is 10.1 Å². The summed E-state index contributed by atoms with van der Waals surface area (Å²) < 4.78 is 4.87. The van der Waals surface area contributed by atoms with E-state index in [1.165, 1.54) is 22.3 Å². The summed E-state index contributed by atoms with van der Waals surface area (Å²) in [5, 5.41) is 1.40. The lowest BCUT2D eigenvalue weighted by Crippen LogP contribution is -2.10. The van der Waals surface area contributed by atoms with Crippen molar-refractivity contribution < 1.29 is 0 Å². The zero-order valence-corrected chi connectivity index (χ0v) is 23.0. The smallest absolute Gasteiger partial charge is 0.191 e. The second-order valence-electron chi connectivity index (χ2n) is 9.77. The molecule has 5 heteroatoms. The van der Waals surface area contributed by atoms with Crippen molar-refractivity contribution in [3.63, 3.8) is 0 Å². The molecular formula is C27H35N2S3. The summed E-state index contributed by atoms with van der Waals surface area (Å²) in [6.07, 6.45) is 0. The Bertz CT molecular complexity index is 1040. The van der Waals surface area contributed by atoms with Gasteiger partial charge in [-0.25, -0.2) is 0 Å². The van der Waals surface area contributed by atoms with Gasteiger partial charge in [-0.05, 0) is 58.1 Å². The van der Waals surface area contributed by atoms with Gasteiger partial charge in [0.2, 0.25) is 0 Å². The van der Waals surface area contributed by atoms with Gasteiger partial charge in [0.05, 0.1) is 11.4 Å². The number of nitrogens with zero attached hydrogens (tertiary/aromatic N) is 2. The second kappa shape index (κ2) is 9.74. The van der Waals surface area contributed by atoms with Crippen LogP contribution in [0.25, 0.3) is 11.4 Å². The number of benzene rings is 2. The number of hydrogen-bond donors (Lipinski definition) is 1. The third-order valence-electron chi connectivity index (χ3n) is 6.12. The lowest BCUT2D eigenvalue weighted by Gasteiger charge is -2.22. The Labute approximate surface area is 209 Å². The maximum Gasteiger partial charge on any atom is 0.191 e. The van der Waals surface area contributed by atoms with Crippen molar-refractivity contribution in [3.05, 3.63) is 63.4 Å². The van der Waals surface area contributed by atoms with Crippen LogP contribution in [-0.4, -0.2) is 9.13 Å². The van der Waals surface area contributed by atoms with Gasteiger partial charge < -0.3 is 0 Å². The van der Waals surface area contributed by atoms with E-state index in [0.29, 0.717) is 33.5 Å². The first kappa shape index (κ1) is 25.1. The van der Waals surface area contributed by atoms with Crippen LogP contribution in [0.5, 0.6) is 0 Å². The van der Waals surface area contributed by atoms with Crippen molar-refractivity contribution in [2.45, 2.75) is 89.1 Å². The van der Waals surface area contributed by atoms with Crippen LogP contribution in [0.2, 0.25) is 0 Å². The largest absolute Gasteiger partial charge is 0.278 e. The molecule has 0 bridgehead atoms. The molecule has 3 rings (SSSR count). The first-order valence-electron chi connectivity index (χ1n) is 11.5. The molecule has 0 N–H and O–H groups in total. The van der Waals surface area contributed by atoms with Crippen molar-refractivity contribution >= 4 is 37.5 Å². The molecule has 171 valence electrons. The highest BCUT2D eigenvalue weighted by molar-refractivity contribution is 7.83. The molecule has 2 aromatic carbocycles. The zero-order valence-electron chi connectivity index (χ0n) is 20.4. The van der Waals surface area contributed by atoms with Crippen molar-refractivity contribution in [3.8, 4) is 11.4 Å². The Morgan fingerprint density at radius 3 is 1.25 bits per heavy atom. The Balaban J connectivity index is 2.48. The summed E-state index contributed by atoms with van der Waals surface area (Å²) in [4.78, 5) is 0. The fourth-order valence-electron chi connectivity index (χ4n) is 4.41. The Morgan fingerprint density at radius 2 is 0.938 bits per heavy atom. The monoisotopic (exact) mass is 483 g/mol. The maximum absolute atomic E-state index is 6.16. The molecule has 0 saturated carbocycles. The van der Waals surface area contributed by atoms with Gasteiger partial charge in [-0.1, -0.05) is 104 Å². The molecule has 0 amide bonds. The molecule has 0 spiro atoms. The van der Waals surface area contributed by atoms with Crippen LogP contribution < -0.4 is 0 Å². The van der Waals surface area contributed by atoms with E-state index in [1.807, 2.05) is 0 Å². The maximum atomic E-state index is 6.16. The van der Waals surface area contributed by atoms with Crippen LogP contribution in [0.1, 0.15) is 101 Å². The quantitative estimate of drug-likeness (QED) is 0.271. The van der Waals surface area contributed by atoms with Crippen LogP contribution in [0.3, 0.4) is 0 Å². The molecule has 1 radical (unpaired) electrons. The van der Waals surface area contributed by atoms with E-state index >= 15 is 0 Å². The Hall–Kier alpha value is -1.56.